The van der Waals surface area contributed by atoms with Gasteiger partial charge in [0.05, 0.1) is 0 Å². The van der Waals surface area contributed by atoms with E-state index in [9.17, 15) is 0 Å². The molecule has 0 heterocycles. The van der Waals surface area contributed by atoms with Gasteiger partial charge in [0, 0.05) is 0 Å². The van der Waals surface area contributed by atoms with Crippen LogP contribution in [0.25, 0.3) is 6.08 Å². The van der Waals surface area contributed by atoms with Gasteiger partial charge >= 0.3 is 0 Å². The molecule has 17 heavy (non-hydrogen) atoms. The van der Waals surface area contributed by atoms with Crippen molar-refractivity contribution in [3.63, 3.8) is 0 Å². The van der Waals surface area contributed by atoms with E-state index in [0.29, 0.717) is 5.41 Å². The molecule has 1 aliphatic rings. The summed E-state index contributed by atoms with van der Waals surface area (Å²) in [7, 11) is 0. The maximum atomic E-state index is 2.39. The van der Waals surface area contributed by atoms with E-state index in [-0.39, 0.29) is 0 Å². The Bertz CT molecular complexity index is 368. The lowest BCUT2D eigenvalue weighted by Gasteiger charge is -2.34. The van der Waals surface area contributed by atoms with Gasteiger partial charge in [-0.15, -0.1) is 0 Å². The second kappa shape index (κ2) is 5.08. The third-order valence-electron chi connectivity index (χ3n) is 4.02. The molecule has 1 aliphatic carbocycles. The molecule has 0 radical (unpaired) electrons. The Morgan fingerprint density at radius 3 is 2.12 bits per heavy atom. The zero-order valence-electron chi connectivity index (χ0n) is 11.4. The molecule has 1 aromatic rings. The van der Waals surface area contributed by atoms with Crippen molar-refractivity contribution < 1.29 is 0 Å². The zero-order valence-corrected chi connectivity index (χ0v) is 11.4. The van der Waals surface area contributed by atoms with Crippen molar-refractivity contribution in [2.24, 2.45) is 11.3 Å². The van der Waals surface area contributed by atoms with Crippen molar-refractivity contribution in [2.45, 2.75) is 46.5 Å². The molecule has 92 valence electrons. The quantitative estimate of drug-likeness (QED) is 0.611. The molecule has 1 saturated carbocycles. The van der Waals surface area contributed by atoms with Crippen LogP contribution < -0.4 is 0 Å². The molecule has 0 heteroatoms. The van der Waals surface area contributed by atoms with Crippen LogP contribution in [0, 0.1) is 11.3 Å². The second-order valence-corrected chi connectivity index (χ2v) is 6.35. The first-order valence-electron chi connectivity index (χ1n) is 6.80. The van der Waals surface area contributed by atoms with E-state index in [1.165, 1.54) is 31.2 Å². The number of benzene rings is 1. The Balaban J connectivity index is 1.98. The van der Waals surface area contributed by atoms with Gasteiger partial charge < -0.3 is 0 Å². The SMILES string of the molecule is CC(C)(C)C1CCC(=Cc2ccccc2)CC1. The third-order valence-corrected chi connectivity index (χ3v) is 4.02. The normalized spacial score (nSPS) is 21.4. The van der Waals surface area contributed by atoms with Gasteiger partial charge in [-0.2, -0.15) is 0 Å². The monoisotopic (exact) mass is 228 g/mol. The lowest BCUT2D eigenvalue weighted by molar-refractivity contribution is 0.198. The fraction of sp³-hybridized carbons (Fsp3) is 0.529. The van der Waals surface area contributed by atoms with Crippen LogP contribution in [-0.2, 0) is 0 Å². The van der Waals surface area contributed by atoms with E-state index in [0.717, 1.165) is 5.92 Å². The molecule has 0 nitrogen and oxygen atoms in total. The summed E-state index contributed by atoms with van der Waals surface area (Å²) in [5.41, 5.74) is 3.48. The maximum absolute atomic E-state index is 2.39. The van der Waals surface area contributed by atoms with Gasteiger partial charge in [0.15, 0.2) is 0 Å². The van der Waals surface area contributed by atoms with Gasteiger partial charge in [0.2, 0.25) is 0 Å². The van der Waals surface area contributed by atoms with Crippen LogP contribution in [-0.4, -0.2) is 0 Å². The van der Waals surface area contributed by atoms with Gasteiger partial charge in [-0.1, -0.05) is 62.8 Å². The summed E-state index contributed by atoms with van der Waals surface area (Å²) in [4.78, 5) is 0. The first-order valence-corrected chi connectivity index (χ1v) is 6.80. The lowest BCUT2D eigenvalue weighted by Crippen LogP contribution is -2.23. The minimum atomic E-state index is 0.484. The Labute approximate surface area is 106 Å². The van der Waals surface area contributed by atoms with Gasteiger partial charge in [-0.05, 0) is 42.6 Å². The molecule has 0 aliphatic heterocycles. The Morgan fingerprint density at radius 2 is 1.59 bits per heavy atom. The summed E-state index contributed by atoms with van der Waals surface area (Å²) in [5, 5.41) is 0. The molecule has 1 fully saturated rings. The largest absolute Gasteiger partial charge is 0.0696 e. The predicted molar refractivity (Wildman–Crippen MR) is 75.8 cm³/mol. The van der Waals surface area contributed by atoms with Crippen molar-refractivity contribution in [1.29, 1.82) is 0 Å². The first kappa shape index (κ1) is 12.4. The van der Waals surface area contributed by atoms with Crippen molar-refractivity contribution in [3.8, 4) is 0 Å². The fourth-order valence-electron chi connectivity index (χ4n) is 2.78. The molecular formula is C17H24. The molecular weight excluding hydrogens is 204 g/mol. The highest BCUT2D eigenvalue weighted by atomic mass is 14.3. The van der Waals surface area contributed by atoms with E-state index in [1.54, 1.807) is 5.57 Å². The molecule has 0 atom stereocenters. The van der Waals surface area contributed by atoms with Crippen LogP contribution in [0.5, 0.6) is 0 Å². The van der Waals surface area contributed by atoms with Crippen LogP contribution in [0.2, 0.25) is 0 Å². The second-order valence-electron chi connectivity index (χ2n) is 6.35. The van der Waals surface area contributed by atoms with Gasteiger partial charge in [-0.25, -0.2) is 0 Å². The molecule has 0 saturated heterocycles. The van der Waals surface area contributed by atoms with Gasteiger partial charge in [-0.3, -0.25) is 0 Å². The molecule has 0 aromatic heterocycles. The van der Waals surface area contributed by atoms with E-state index in [4.69, 9.17) is 0 Å². The smallest absolute Gasteiger partial charge is 0.0257 e. The zero-order chi connectivity index (χ0) is 12.3. The average molecular weight is 228 g/mol. The van der Waals surface area contributed by atoms with E-state index >= 15 is 0 Å². The highest BCUT2D eigenvalue weighted by Crippen LogP contribution is 2.39. The Kier molecular flexibility index (Phi) is 3.71. The number of rotatable bonds is 1. The van der Waals surface area contributed by atoms with Crippen LogP contribution in [0.4, 0.5) is 0 Å². The minimum absolute atomic E-state index is 0.484. The summed E-state index contributed by atoms with van der Waals surface area (Å²) in [6.07, 6.45) is 7.69. The van der Waals surface area contributed by atoms with Crippen LogP contribution in [0.15, 0.2) is 35.9 Å². The highest BCUT2D eigenvalue weighted by Gasteiger charge is 2.27. The van der Waals surface area contributed by atoms with Gasteiger partial charge in [0.1, 0.15) is 0 Å². The van der Waals surface area contributed by atoms with Crippen molar-refractivity contribution in [1.82, 2.24) is 0 Å². The van der Waals surface area contributed by atoms with E-state index < -0.39 is 0 Å². The van der Waals surface area contributed by atoms with Crippen molar-refractivity contribution in [3.05, 3.63) is 41.5 Å². The highest BCUT2D eigenvalue weighted by molar-refractivity contribution is 5.52. The van der Waals surface area contributed by atoms with Crippen molar-refractivity contribution in [2.75, 3.05) is 0 Å². The molecule has 2 rings (SSSR count). The topological polar surface area (TPSA) is 0 Å². The number of hydrogen-bond acceptors (Lipinski definition) is 0. The molecule has 0 spiro atoms. The molecule has 0 amide bonds. The average Bonchev–Trinajstić information content (AvgIpc) is 2.30. The van der Waals surface area contributed by atoms with Crippen molar-refractivity contribution >= 4 is 6.08 Å². The molecule has 0 bridgehead atoms. The number of allylic oxidation sites excluding steroid dienone is 1. The summed E-state index contributed by atoms with van der Waals surface area (Å²) >= 11 is 0. The number of hydrogen-bond donors (Lipinski definition) is 0. The van der Waals surface area contributed by atoms with Crippen LogP contribution >= 0.6 is 0 Å². The van der Waals surface area contributed by atoms with E-state index in [1.807, 2.05) is 0 Å². The lowest BCUT2D eigenvalue weighted by atomic mass is 9.71. The van der Waals surface area contributed by atoms with Gasteiger partial charge in [0.25, 0.3) is 0 Å². The Morgan fingerprint density at radius 1 is 1.00 bits per heavy atom. The standard InChI is InChI=1S/C17H24/c1-17(2,3)16-11-9-15(10-12-16)13-14-7-5-4-6-8-14/h4-8,13,16H,9-12H2,1-3H3. The molecule has 1 aromatic carbocycles. The van der Waals surface area contributed by atoms with Crippen LogP contribution in [0.1, 0.15) is 52.0 Å². The molecule has 0 N–H and O–H groups in total. The maximum Gasteiger partial charge on any atom is -0.0257 e. The predicted octanol–water partition coefficient (Wildman–Crippen LogP) is 5.31. The first-order chi connectivity index (χ1) is 8.05. The van der Waals surface area contributed by atoms with E-state index in [2.05, 4.69) is 57.2 Å². The summed E-state index contributed by atoms with van der Waals surface area (Å²) in [6.45, 7) is 7.14. The molecule has 0 unspecified atom stereocenters. The third kappa shape index (κ3) is 3.46. The summed E-state index contributed by atoms with van der Waals surface area (Å²) in [6, 6.07) is 10.7. The summed E-state index contributed by atoms with van der Waals surface area (Å²) < 4.78 is 0. The Hall–Kier alpha value is -1.04. The minimum Gasteiger partial charge on any atom is -0.0696 e. The fourth-order valence-corrected chi connectivity index (χ4v) is 2.78. The van der Waals surface area contributed by atoms with Crippen LogP contribution in [0.3, 0.4) is 0 Å². The summed E-state index contributed by atoms with van der Waals surface area (Å²) in [5.74, 6) is 0.899.